The summed E-state index contributed by atoms with van der Waals surface area (Å²) in [5.74, 6) is 1.37. The van der Waals surface area contributed by atoms with Crippen molar-refractivity contribution < 1.29 is 9.53 Å². The molecular weight excluding hydrogens is 336 g/mol. The van der Waals surface area contributed by atoms with Gasteiger partial charge in [0.1, 0.15) is 12.4 Å². The molecule has 0 saturated carbocycles. The maximum atomic E-state index is 12.4. The van der Waals surface area contributed by atoms with Crippen molar-refractivity contribution in [2.45, 2.75) is 26.2 Å². The van der Waals surface area contributed by atoms with E-state index < -0.39 is 0 Å². The van der Waals surface area contributed by atoms with Crippen molar-refractivity contribution in [3.63, 3.8) is 0 Å². The number of carbonyl (C=O) groups excluding carboxylic acids is 1. The maximum absolute atomic E-state index is 12.4. The molecule has 5 heteroatoms. The Kier molecular flexibility index (Phi) is 9.03. The Balaban J connectivity index is 0.00000312. The minimum atomic E-state index is 0. The Hall–Kier alpha value is -2.04. The van der Waals surface area contributed by atoms with E-state index in [4.69, 9.17) is 10.5 Å². The van der Waals surface area contributed by atoms with E-state index in [1.54, 1.807) is 0 Å². The average Bonchev–Trinajstić information content (AvgIpc) is 2.59. The smallest absolute Gasteiger partial charge is 0.224 e. The molecule has 3 N–H and O–H groups in total. The minimum Gasteiger partial charge on any atom is -0.492 e. The van der Waals surface area contributed by atoms with E-state index in [2.05, 4.69) is 31.3 Å². The molecule has 25 heavy (non-hydrogen) atoms. The van der Waals surface area contributed by atoms with E-state index in [1.807, 2.05) is 42.5 Å². The molecule has 2 aromatic rings. The van der Waals surface area contributed by atoms with Gasteiger partial charge in [-0.1, -0.05) is 44.2 Å². The fraction of sp³-hybridized carbons (Fsp3) is 0.350. The highest BCUT2D eigenvalue weighted by Crippen LogP contribution is 2.28. The zero-order valence-corrected chi connectivity index (χ0v) is 15.6. The molecule has 0 aromatic heterocycles. The fourth-order valence-corrected chi connectivity index (χ4v) is 2.66. The molecule has 0 spiro atoms. The van der Waals surface area contributed by atoms with Crippen LogP contribution in [0, 0.1) is 5.92 Å². The number of ether oxygens (including phenoxy) is 1. The number of amides is 1. The van der Waals surface area contributed by atoms with Crippen LogP contribution in [0.5, 0.6) is 5.75 Å². The number of halogens is 1. The van der Waals surface area contributed by atoms with E-state index in [1.165, 1.54) is 5.56 Å². The number of hydrogen-bond donors (Lipinski definition) is 2. The molecule has 1 atom stereocenters. The van der Waals surface area contributed by atoms with Gasteiger partial charge in [0, 0.05) is 18.7 Å². The first-order chi connectivity index (χ1) is 11.6. The zero-order chi connectivity index (χ0) is 17.4. The van der Waals surface area contributed by atoms with Crippen LogP contribution in [0.3, 0.4) is 0 Å². The van der Waals surface area contributed by atoms with Gasteiger partial charge < -0.3 is 15.8 Å². The number of anilines is 1. The summed E-state index contributed by atoms with van der Waals surface area (Å²) in [5.41, 5.74) is 7.38. The van der Waals surface area contributed by atoms with Crippen LogP contribution in [0.15, 0.2) is 54.6 Å². The molecule has 0 aliphatic carbocycles. The normalized spacial score (nSPS) is 11.5. The lowest BCUT2D eigenvalue weighted by Crippen LogP contribution is -2.18. The van der Waals surface area contributed by atoms with Gasteiger partial charge in [0.25, 0.3) is 0 Å². The largest absolute Gasteiger partial charge is 0.492 e. The van der Waals surface area contributed by atoms with Crippen LogP contribution < -0.4 is 15.8 Å². The van der Waals surface area contributed by atoms with E-state index in [0.29, 0.717) is 25.5 Å². The summed E-state index contributed by atoms with van der Waals surface area (Å²) in [7, 11) is 0. The summed E-state index contributed by atoms with van der Waals surface area (Å²) in [4.78, 5) is 12.4. The molecule has 0 bridgehead atoms. The SMILES string of the molecule is CC(C)C(CC(=O)Nc1ccc(OCCN)cc1)c1ccccc1.Cl. The van der Waals surface area contributed by atoms with Crippen LogP contribution >= 0.6 is 12.4 Å². The second kappa shape index (κ2) is 10.7. The standard InChI is InChI=1S/C20H26N2O2.ClH/c1-15(2)19(16-6-4-3-5-7-16)14-20(23)22-17-8-10-18(11-9-17)24-13-12-21;/h3-11,15,19H,12-14,21H2,1-2H3,(H,22,23);1H. The quantitative estimate of drug-likeness (QED) is 0.739. The highest BCUT2D eigenvalue weighted by Gasteiger charge is 2.19. The third-order valence-electron chi connectivity index (χ3n) is 3.96. The van der Waals surface area contributed by atoms with Gasteiger partial charge in [-0.3, -0.25) is 4.79 Å². The Morgan fingerprint density at radius 2 is 1.72 bits per heavy atom. The second-order valence-electron chi connectivity index (χ2n) is 6.18. The third kappa shape index (κ3) is 6.77. The monoisotopic (exact) mass is 362 g/mol. The third-order valence-corrected chi connectivity index (χ3v) is 3.96. The van der Waals surface area contributed by atoms with Crippen LogP contribution in [0.1, 0.15) is 31.7 Å². The molecular formula is C20H27ClN2O2. The lowest BCUT2D eigenvalue weighted by atomic mass is 9.85. The molecule has 2 rings (SSSR count). The van der Waals surface area contributed by atoms with Crippen molar-refractivity contribution in [2.75, 3.05) is 18.5 Å². The second-order valence-corrected chi connectivity index (χ2v) is 6.18. The van der Waals surface area contributed by atoms with Crippen LogP contribution in [-0.4, -0.2) is 19.1 Å². The molecule has 136 valence electrons. The van der Waals surface area contributed by atoms with E-state index in [0.717, 1.165) is 11.4 Å². The van der Waals surface area contributed by atoms with Crippen molar-refractivity contribution in [3.05, 3.63) is 60.2 Å². The number of rotatable bonds is 8. The number of nitrogens with two attached hydrogens (primary N) is 1. The van der Waals surface area contributed by atoms with E-state index >= 15 is 0 Å². The predicted octanol–water partition coefficient (Wildman–Crippen LogP) is 4.21. The van der Waals surface area contributed by atoms with Gasteiger partial charge in [0.2, 0.25) is 5.91 Å². The molecule has 0 aliphatic rings. The van der Waals surface area contributed by atoms with Crippen LogP contribution in [0.25, 0.3) is 0 Å². The summed E-state index contributed by atoms with van der Waals surface area (Å²) < 4.78 is 5.43. The predicted molar refractivity (Wildman–Crippen MR) is 106 cm³/mol. The maximum Gasteiger partial charge on any atom is 0.224 e. The first kappa shape index (κ1) is 21.0. The fourth-order valence-electron chi connectivity index (χ4n) is 2.66. The molecule has 2 aromatic carbocycles. The Morgan fingerprint density at radius 3 is 2.28 bits per heavy atom. The summed E-state index contributed by atoms with van der Waals surface area (Å²) in [5, 5.41) is 2.96. The molecule has 1 unspecified atom stereocenters. The van der Waals surface area contributed by atoms with Gasteiger partial charge in [0.05, 0.1) is 0 Å². The lowest BCUT2D eigenvalue weighted by molar-refractivity contribution is -0.116. The summed E-state index contributed by atoms with van der Waals surface area (Å²) >= 11 is 0. The molecule has 4 nitrogen and oxygen atoms in total. The van der Waals surface area contributed by atoms with Crippen molar-refractivity contribution in [3.8, 4) is 5.75 Å². The summed E-state index contributed by atoms with van der Waals surface area (Å²) in [6, 6.07) is 17.6. The number of nitrogens with one attached hydrogen (secondary N) is 1. The Labute approximate surface area is 156 Å². The molecule has 0 aliphatic heterocycles. The number of carbonyl (C=O) groups is 1. The first-order valence-electron chi connectivity index (χ1n) is 8.38. The molecule has 0 fully saturated rings. The van der Waals surface area contributed by atoms with Gasteiger partial charge in [-0.25, -0.2) is 0 Å². The average molecular weight is 363 g/mol. The van der Waals surface area contributed by atoms with Crippen LogP contribution in [0.2, 0.25) is 0 Å². The van der Waals surface area contributed by atoms with Gasteiger partial charge in [-0.15, -0.1) is 12.4 Å². The van der Waals surface area contributed by atoms with Crippen molar-refractivity contribution in [1.29, 1.82) is 0 Å². The highest BCUT2D eigenvalue weighted by atomic mass is 35.5. The first-order valence-corrected chi connectivity index (χ1v) is 8.38. The Morgan fingerprint density at radius 1 is 1.08 bits per heavy atom. The molecule has 0 saturated heterocycles. The molecule has 1 amide bonds. The molecule has 0 heterocycles. The van der Waals surface area contributed by atoms with Crippen molar-refractivity contribution >= 4 is 24.0 Å². The topological polar surface area (TPSA) is 64.3 Å². The zero-order valence-electron chi connectivity index (χ0n) is 14.8. The van der Waals surface area contributed by atoms with Gasteiger partial charge in [-0.2, -0.15) is 0 Å². The number of benzene rings is 2. The van der Waals surface area contributed by atoms with Gasteiger partial charge in [-0.05, 0) is 41.7 Å². The molecule has 0 radical (unpaired) electrons. The van der Waals surface area contributed by atoms with Gasteiger partial charge >= 0.3 is 0 Å². The van der Waals surface area contributed by atoms with Crippen LogP contribution in [0.4, 0.5) is 5.69 Å². The number of hydrogen-bond acceptors (Lipinski definition) is 3. The van der Waals surface area contributed by atoms with Crippen molar-refractivity contribution in [1.82, 2.24) is 0 Å². The Bertz CT molecular complexity index is 630. The minimum absolute atomic E-state index is 0. The van der Waals surface area contributed by atoms with Crippen LogP contribution in [-0.2, 0) is 4.79 Å². The summed E-state index contributed by atoms with van der Waals surface area (Å²) in [6.45, 7) is 5.26. The van der Waals surface area contributed by atoms with E-state index in [9.17, 15) is 4.79 Å². The lowest BCUT2D eigenvalue weighted by Gasteiger charge is -2.21. The van der Waals surface area contributed by atoms with Crippen molar-refractivity contribution in [2.24, 2.45) is 11.7 Å². The van der Waals surface area contributed by atoms with Gasteiger partial charge in [0.15, 0.2) is 0 Å². The highest BCUT2D eigenvalue weighted by molar-refractivity contribution is 5.91. The van der Waals surface area contributed by atoms with E-state index in [-0.39, 0.29) is 24.2 Å². The summed E-state index contributed by atoms with van der Waals surface area (Å²) in [6.07, 6.45) is 0.465.